The molecule has 4 saturated carbocycles. The van der Waals surface area contributed by atoms with Crippen LogP contribution < -0.4 is 0 Å². The molecule has 1 heterocycles. The van der Waals surface area contributed by atoms with Crippen LogP contribution in [-0.2, 0) is 14.3 Å². The highest BCUT2D eigenvalue weighted by molar-refractivity contribution is 7.87. The van der Waals surface area contributed by atoms with E-state index in [4.69, 9.17) is 4.18 Å². The molecule has 126 valence electrons. The van der Waals surface area contributed by atoms with E-state index >= 15 is 0 Å². The number of pyridine rings is 1. The van der Waals surface area contributed by atoms with E-state index in [9.17, 15) is 8.42 Å². The maximum absolute atomic E-state index is 13.0. The van der Waals surface area contributed by atoms with E-state index < -0.39 is 10.1 Å². The molecule has 4 aliphatic rings. The lowest BCUT2D eigenvalue weighted by molar-refractivity contribution is -0.0764. The number of aromatic nitrogens is 1. The Bertz CT molecular complexity index is 859. The highest BCUT2D eigenvalue weighted by atomic mass is 32.2. The first kappa shape index (κ1) is 14.8. The van der Waals surface area contributed by atoms with Gasteiger partial charge in [-0.1, -0.05) is 18.2 Å². The number of benzene rings is 1. The van der Waals surface area contributed by atoms with Crippen LogP contribution in [0.5, 0.6) is 0 Å². The number of para-hydroxylation sites is 1. The zero-order chi connectivity index (χ0) is 16.3. The molecule has 1 aromatic carbocycles. The molecule has 4 aliphatic carbocycles. The summed E-state index contributed by atoms with van der Waals surface area (Å²) in [7, 11) is -3.79. The molecule has 4 nitrogen and oxygen atoms in total. The Morgan fingerprint density at radius 2 is 1.58 bits per heavy atom. The second-order valence-electron chi connectivity index (χ2n) is 7.78. The van der Waals surface area contributed by atoms with E-state index in [-0.39, 0.29) is 11.0 Å². The molecule has 2 aromatic rings. The lowest BCUT2D eigenvalue weighted by Gasteiger charge is -2.53. The topological polar surface area (TPSA) is 56.3 Å². The Morgan fingerprint density at radius 3 is 2.29 bits per heavy atom. The predicted molar refractivity (Wildman–Crippen MR) is 90.8 cm³/mol. The Hall–Kier alpha value is -1.46. The molecule has 4 fully saturated rings. The molecule has 0 saturated heterocycles. The third-order valence-electron chi connectivity index (χ3n) is 6.24. The van der Waals surface area contributed by atoms with Gasteiger partial charge >= 0.3 is 0 Å². The van der Waals surface area contributed by atoms with E-state index in [0.717, 1.165) is 42.9 Å². The highest BCUT2D eigenvalue weighted by Gasteiger charge is 2.50. The van der Waals surface area contributed by atoms with Gasteiger partial charge in [-0.2, -0.15) is 8.42 Å². The molecule has 0 spiro atoms. The molecule has 6 rings (SSSR count). The molecular weight excluding hydrogens is 322 g/mol. The summed E-state index contributed by atoms with van der Waals surface area (Å²) in [5.41, 5.74) is 0.504. The highest BCUT2D eigenvalue weighted by Crippen LogP contribution is 2.55. The average Bonchev–Trinajstić information content (AvgIpc) is 2.57. The summed E-state index contributed by atoms with van der Waals surface area (Å²) in [5, 5.41) is 0.826. The molecule has 24 heavy (non-hydrogen) atoms. The van der Waals surface area contributed by atoms with Crippen LogP contribution in [-0.4, -0.2) is 19.5 Å². The first-order valence-corrected chi connectivity index (χ1v) is 10.3. The third kappa shape index (κ3) is 2.29. The fraction of sp³-hybridized carbons (Fsp3) is 0.526. The Morgan fingerprint density at radius 1 is 0.917 bits per heavy atom. The summed E-state index contributed by atoms with van der Waals surface area (Å²) in [6.45, 7) is 0. The van der Waals surface area contributed by atoms with Gasteiger partial charge in [0.2, 0.25) is 0 Å². The van der Waals surface area contributed by atoms with Crippen LogP contribution in [0.4, 0.5) is 0 Å². The minimum absolute atomic E-state index is 0.137. The largest absolute Gasteiger partial charge is 0.299 e. The van der Waals surface area contributed by atoms with Crippen molar-refractivity contribution in [2.45, 2.75) is 43.1 Å². The van der Waals surface area contributed by atoms with Crippen molar-refractivity contribution in [2.75, 3.05) is 0 Å². The van der Waals surface area contributed by atoms with Gasteiger partial charge in [0.05, 0.1) is 11.6 Å². The van der Waals surface area contributed by atoms with Crippen molar-refractivity contribution in [3.8, 4) is 0 Å². The summed E-state index contributed by atoms with van der Waals surface area (Å²) in [4.78, 5) is 4.48. The van der Waals surface area contributed by atoms with E-state index in [1.165, 1.54) is 6.42 Å². The van der Waals surface area contributed by atoms with Crippen LogP contribution >= 0.6 is 0 Å². The molecular formula is C19H21NO3S. The van der Waals surface area contributed by atoms with Crippen LogP contribution in [0, 0.1) is 23.7 Å². The summed E-state index contributed by atoms with van der Waals surface area (Å²) in [5.74, 6) is 2.43. The van der Waals surface area contributed by atoms with Gasteiger partial charge in [0, 0.05) is 11.6 Å². The van der Waals surface area contributed by atoms with Crippen LogP contribution in [0.2, 0.25) is 0 Å². The summed E-state index contributed by atoms with van der Waals surface area (Å²) in [6.07, 6.45) is 7.40. The van der Waals surface area contributed by atoms with Crippen molar-refractivity contribution < 1.29 is 12.6 Å². The lowest BCUT2D eigenvalue weighted by atomic mass is 9.55. The molecule has 0 aliphatic heterocycles. The van der Waals surface area contributed by atoms with Gasteiger partial charge in [-0.3, -0.25) is 9.17 Å². The maximum atomic E-state index is 13.0. The SMILES string of the molecule is O=S(=O)(OC1C2CC3CC(C2)CC1C3)c1cccc2cccnc12. The fourth-order valence-corrected chi connectivity index (χ4v) is 6.87. The number of fused-ring (bicyclic) bond motifs is 1. The van der Waals surface area contributed by atoms with E-state index in [1.54, 1.807) is 18.3 Å². The van der Waals surface area contributed by atoms with E-state index in [0.29, 0.717) is 17.4 Å². The van der Waals surface area contributed by atoms with Crippen molar-refractivity contribution in [1.29, 1.82) is 0 Å². The number of rotatable bonds is 3. The van der Waals surface area contributed by atoms with Crippen LogP contribution in [0.3, 0.4) is 0 Å². The van der Waals surface area contributed by atoms with Gasteiger partial charge < -0.3 is 0 Å². The second-order valence-corrected chi connectivity index (χ2v) is 9.32. The minimum Gasteiger partial charge on any atom is -0.262 e. The number of hydrogen-bond acceptors (Lipinski definition) is 4. The average molecular weight is 343 g/mol. The monoisotopic (exact) mass is 343 g/mol. The van der Waals surface area contributed by atoms with Crippen molar-refractivity contribution >= 4 is 21.0 Å². The Kier molecular flexibility index (Phi) is 3.26. The van der Waals surface area contributed by atoms with Crippen molar-refractivity contribution in [2.24, 2.45) is 23.7 Å². The van der Waals surface area contributed by atoms with Crippen LogP contribution in [0.15, 0.2) is 41.4 Å². The lowest BCUT2D eigenvalue weighted by Crippen LogP contribution is -2.50. The van der Waals surface area contributed by atoms with Crippen molar-refractivity contribution in [1.82, 2.24) is 4.98 Å². The van der Waals surface area contributed by atoms with E-state index in [2.05, 4.69) is 4.98 Å². The summed E-state index contributed by atoms with van der Waals surface area (Å²) < 4.78 is 31.8. The van der Waals surface area contributed by atoms with Crippen molar-refractivity contribution in [3.63, 3.8) is 0 Å². The fourth-order valence-electron chi connectivity index (χ4n) is 5.51. The van der Waals surface area contributed by atoms with Gasteiger partial charge in [0.25, 0.3) is 10.1 Å². The quantitative estimate of drug-likeness (QED) is 0.796. The molecule has 5 heteroatoms. The van der Waals surface area contributed by atoms with Crippen LogP contribution in [0.1, 0.15) is 32.1 Å². The Labute approximate surface area is 142 Å². The molecule has 0 atom stereocenters. The molecule has 4 bridgehead atoms. The second kappa shape index (κ2) is 5.27. The zero-order valence-corrected chi connectivity index (χ0v) is 14.3. The number of nitrogens with zero attached hydrogens (tertiary/aromatic N) is 1. The van der Waals surface area contributed by atoms with Gasteiger partial charge in [-0.25, -0.2) is 0 Å². The smallest absolute Gasteiger partial charge is 0.262 e. The van der Waals surface area contributed by atoms with E-state index in [1.807, 2.05) is 18.2 Å². The van der Waals surface area contributed by atoms with Crippen molar-refractivity contribution in [3.05, 3.63) is 36.5 Å². The zero-order valence-electron chi connectivity index (χ0n) is 13.5. The maximum Gasteiger partial charge on any atom is 0.299 e. The van der Waals surface area contributed by atoms with Gasteiger partial charge in [-0.15, -0.1) is 0 Å². The van der Waals surface area contributed by atoms with Gasteiger partial charge in [0.1, 0.15) is 4.90 Å². The first-order valence-electron chi connectivity index (χ1n) is 8.87. The first-order chi connectivity index (χ1) is 11.6. The normalized spacial score (nSPS) is 34.8. The summed E-state index contributed by atoms with van der Waals surface area (Å²) >= 11 is 0. The standard InChI is InChI=1S/C19H21NO3S/c21-24(22,17-5-1-3-14-4-2-6-20-18(14)17)23-19-15-8-12-7-13(10-15)11-16(19)9-12/h1-6,12-13,15-16,19H,7-11H2. The molecule has 0 radical (unpaired) electrons. The predicted octanol–water partition coefficient (Wildman–Crippen LogP) is 3.76. The Balaban J connectivity index is 1.50. The van der Waals surface area contributed by atoms with Gasteiger partial charge in [0.15, 0.2) is 0 Å². The molecule has 0 N–H and O–H groups in total. The third-order valence-corrected chi connectivity index (χ3v) is 7.59. The molecule has 0 amide bonds. The molecule has 1 aromatic heterocycles. The summed E-state index contributed by atoms with van der Waals surface area (Å²) in [6, 6.07) is 8.95. The van der Waals surface area contributed by atoms with Gasteiger partial charge in [-0.05, 0) is 67.9 Å². The number of hydrogen-bond donors (Lipinski definition) is 0. The molecule has 0 unspecified atom stereocenters. The van der Waals surface area contributed by atoms with Crippen LogP contribution in [0.25, 0.3) is 10.9 Å². The minimum atomic E-state index is -3.79.